The number of anilines is 1. The predicted molar refractivity (Wildman–Crippen MR) is 92.7 cm³/mol. The number of nitrogen functional groups attached to an aromatic ring is 1. The van der Waals surface area contributed by atoms with Crippen LogP contribution in [0.25, 0.3) is 11.4 Å². The molecule has 0 spiro atoms. The normalized spacial score (nSPS) is 10.5. The van der Waals surface area contributed by atoms with E-state index >= 15 is 0 Å². The Morgan fingerprint density at radius 2 is 1.80 bits per heavy atom. The number of para-hydroxylation sites is 1. The van der Waals surface area contributed by atoms with Crippen LogP contribution in [0.4, 0.5) is 10.2 Å². The van der Waals surface area contributed by atoms with Gasteiger partial charge >= 0.3 is 5.97 Å². The fourth-order valence-electron chi connectivity index (χ4n) is 2.30. The van der Waals surface area contributed by atoms with Crippen LogP contribution in [0.5, 0.6) is 5.75 Å². The minimum absolute atomic E-state index is 0.00586. The third-order valence-corrected chi connectivity index (χ3v) is 3.70. The highest BCUT2D eigenvalue weighted by Gasteiger charge is 2.20. The maximum Gasteiger partial charge on any atom is 0.362 e. The third kappa shape index (κ3) is 3.47. The van der Waals surface area contributed by atoms with Gasteiger partial charge in [0.2, 0.25) is 0 Å². The molecule has 0 atom stereocenters. The first kappa shape index (κ1) is 16.6. The van der Waals surface area contributed by atoms with E-state index in [0.29, 0.717) is 11.3 Å². The highest BCUT2D eigenvalue weighted by atomic mass is 19.1. The van der Waals surface area contributed by atoms with E-state index in [4.69, 9.17) is 10.5 Å². The van der Waals surface area contributed by atoms with Crippen LogP contribution in [0.2, 0.25) is 0 Å². The topological polar surface area (TPSA) is 78.1 Å². The summed E-state index contributed by atoms with van der Waals surface area (Å²) in [7, 11) is 0. The van der Waals surface area contributed by atoms with Gasteiger partial charge in [0.15, 0.2) is 11.5 Å². The number of halogens is 1. The Balaban J connectivity index is 2.02. The molecule has 0 radical (unpaired) electrons. The molecule has 5 nitrogen and oxygen atoms in total. The van der Waals surface area contributed by atoms with Crippen LogP contribution in [0, 0.1) is 19.7 Å². The number of carbonyl (C=O) groups excluding carboxylic acids is 1. The van der Waals surface area contributed by atoms with E-state index < -0.39 is 11.8 Å². The van der Waals surface area contributed by atoms with Crippen molar-refractivity contribution in [3.8, 4) is 17.1 Å². The van der Waals surface area contributed by atoms with Gasteiger partial charge in [-0.2, -0.15) is 0 Å². The first-order valence-corrected chi connectivity index (χ1v) is 7.63. The van der Waals surface area contributed by atoms with E-state index in [-0.39, 0.29) is 22.9 Å². The molecule has 3 rings (SSSR count). The molecule has 0 bridgehead atoms. The van der Waals surface area contributed by atoms with Crippen LogP contribution in [-0.2, 0) is 0 Å². The number of benzene rings is 2. The molecule has 0 aliphatic heterocycles. The van der Waals surface area contributed by atoms with Crippen LogP contribution < -0.4 is 10.5 Å². The quantitative estimate of drug-likeness (QED) is 0.582. The Morgan fingerprint density at radius 1 is 1.08 bits per heavy atom. The van der Waals surface area contributed by atoms with Gasteiger partial charge in [-0.3, -0.25) is 0 Å². The summed E-state index contributed by atoms with van der Waals surface area (Å²) in [6.07, 6.45) is 0. The molecule has 2 N–H and O–H groups in total. The lowest BCUT2D eigenvalue weighted by Crippen LogP contribution is -2.15. The Hall–Kier alpha value is -3.28. The Labute approximate surface area is 144 Å². The maximum atomic E-state index is 14.2. The Morgan fingerprint density at radius 3 is 2.48 bits per heavy atom. The number of carbonyl (C=O) groups is 1. The van der Waals surface area contributed by atoms with E-state index in [1.165, 1.54) is 6.07 Å². The second-order valence-corrected chi connectivity index (χ2v) is 5.59. The first-order chi connectivity index (χ1) is 12.0. The molecule has 1 heterocycles. The number of hydrogen-bond donors (Lipinski definition) is 1. The summed E-state index contributed by atoms with van der Waals surface area (Å²) >= 11 is 0. The maximum absolute atomic E-state index is 14.2. The number of nitrogens with two attached hydrogens (primary N) is 1. The van der Waals surface area contributed by atoms with E-state index in [2.05, 4.69) is 9.97 Å². The van der Waals surface area contributed by atoms with Gasteiger partial charge in [-0.1, -0.05) is 24.3 Å². The lowest BCUT2D eigenvalue weighted by atomic mass is 10.1. The molecule has 126 valence electrons. The van der Waals surface area contributed by atoms with Gasteiger partial charge in [-0.15, -0.1) is 0 Å². The van der Waals surface area contributed by atoms with Gasteiger partial charge in [-0.25, -0.2) is 19.2 Å². The van der Waals surface area contributed by atoms with E-state index in [1.807, 2.05) is 6.07 Å². The molecular weight excluding hydrogens is 321 g/mol. The standard InChI is InChI=1S/C19H16FN3O2/c1-11-8-9-14(15(20)10-11)18-22-16(12(2)17(21)23-18)19(24)25-13-6-4-3-5-7-13/h3-10H,1-2H3,(H2,21,22,23). The summed E-state index contributed by atoms with van der Waals surface area (Å²) in [5.74, 6) is -0.630. The molecule has 3 aromatic rings. The van der Waals surface area contributed by atoms with Crippen molar-refractivity contribution in [3.05, 3.63) is 71.2 Å². The highest BCUT2D eigenvalue weighted by Crippen LogP contribution is 2.24. The average molecular weight is 337 g/mol. The minimum atomic E-state index is -0.674. The van der Waals surface area contributed by atoms with Crippen molar-refractivity contribution in [2.45, 2.75) is 13.8 Å². The summed E-state index contributed by atoms with van der Waals surface area (Å²) in [6, 6.07) is 13.3. The molecule has 25 heavy (non-hydrogen) atoms. The summed E-state index contributed by atoms with van der Waals surface area (Å²) < 4.78 is 19.5. The van der Waals surface area contributed by atoms with Crippen LogP contribution in [-0.4, -0.2) is 15.9 Å². The van der Waals surface area contributed by atoms with Crippen LogP contribution in [0.15, 0.2) is 48.5 Å². The van der Waals surface area contributed by atoms with Crippen molar-refractivity contribution >= 4 is 11.8 Å². The number of aromatic nitrogens is 2. The number of nitrogens with zero attached hydrogens (tertiary/aromatic N) is 2. The first-order valence-electron chi connectivity index (χ1n) is 7.63. The molecule has 1 aromatic heterocycles. The van der Waals surface area contributed by atoms with Gasteiger partial charge in [0.25, 0.3) is 0 Å². The van der Waals surface area contributed by atoms with Crippen molar-refractivity contribution in [1.82, 2.24) is 9.97 Å². The van der Waals surface area contributed by atoms with Gasteiger partial charge < -0.3 is 10.5 Å². The minimum Gasteiger partial charge on any atom is -0.422 e. The van der Waals surface area contributed by atoms with Gasteiger partial charge in [-0.05, 0) is 43.7 Å². The van der Waals surface area contributed by atoms with Crippen LogP contribution in [0.1, 0.15) is 21.6 Å². The van der Waals surface area contributed by atoms with Crippen molar-refractivity contribution in [1.29, 1.82) is 0 Å². The zero-order chi connectivity index (χ0) is 18.0. The van der Waals surface area contributed by atoms with E-state index in [9.17, 15) is 9.18 Å². The number of rotatable bonds is 3. The molecule has 0 saturated carbocycles. The van der Waals surface area contributed by atoms with Gasteiger partial charge in [0.1, 0.15) is 17.4 Å². The molecule has 0 aliphatic carbocycles. The Bertz CT molecular complexity index is 943. The third-order valence-electron chi connectivity index (χ3n) is 3.70. The summed E-state index contributed by atoms with van der Waals surface area (Å²) in [4.78, 5) is 20.7. The van der Waals surface area contributed by atoms with Crippen molar-refractivity contribution < 1.29 is 13.9 Å². The number of aryl methyl sites for hydroxylation is 1. The molecule has 0 amide bonds. The SMILES string of the molecule is Cc1ccc(-c2nc(N)c(C)c(C(=O)Oc3ccccc3)n2)c(F)c1. The predicted octanol–water partition coefficient (Wildman–Crippen LogP) is 3.70. The van der Waals surface area contributed by atoms with Crippen LogP contribution >= 0.6 is 0 Å². The summed E-state index contributed by atoms with van der Waals surface area (Å²) in [5.41, 5.74) is 7.22. The monoisotopic (exact) mass is 337 g/mol. The molecule has 0 saturated heterocycles. The average Bonchev–Trinajstić information content (AvgIpc) is 2.58. The van der Waals surface area contributed by atoms with E-state index in [1.54, 1.807) is 50.2 Å². The summed E-state index contributed by atoms with van der Waals surface area (Å²) in [6.45, 7) is 3.39. The lowest BCUT2D eigenvalue weighted by Gasteiger charge is -2.10. The molecule has 0 unspecified atom stereocenters. The van der Waals surface area contributed by atoms with Crippen molar-refractivity contribution in [2.24, 2.45) is 0 Å². The van der Waals surface area contributed by atoms with Crippen molar-refractivity contribution in [2.75, 3.05) is 5.73 Å². The number of ether oxygens (including phenoxy) is 1. The van der Waals surface area contributed by atoms with Gasteiger partial charge in [0, 0.05) is 5.56 Å². The second-order valence-electron chi connectivity index (χ2n) is 5.59. The molecule has 6 heteroatoms. The molecule has 2 aromatic carbocycles. The largest absolute Gasteiger partial charge is 0.422 e. The molecular formula is C19H16FN3O2. The molecule has 0 aliphatic rings. The number of esters is 1. The van der Waals surface area contributed by atoms with E-state index in [0.717, 1.165) is 5.56 Å². The molecule has 0 fully saturated rings. The van der Waals surface area contributed by atoms with Crippen molar-refractivity contribution in [3.63, 3.8) is 0 Å². The summed E-state index contributed by atoms with van der Waals surface area (Å²) in [5, 5.41) is 0. The highest BCUT2D eigenvalue weighted by molar-refractivity contribution is 5.92. The fourth-order valence-corrected chi connectivity index (χ4v) is 2.30. The zero-order valence-electron chi connectivity index (χ0n) is 13.8. The fraction of sp³-hybridized carbons (Fsp3) is 0.105. The second kappa shape index (κ2) is 6.68. The van der Waals surface area contributed by atoms with Crippen LogP contribution in [0.3, 0.4) is 0 Å². The smallest absolute Gasteiger partial charge is 0.362 e. The number of hydrogen-bond acceptors (Lipinski definition) is 5. The Kier molecular flexibility index (Phi) is 4.43. The van der Waals surface area contributed by atoms with Gasteiger partial charge in [0.05, 0.1) is 5.56 Å². The lowest BCUT2D eigenvalue weighted by molar-refractivity contribution is 0.0727. The zero-order valence-corrected chi connectivity index (χ0v) is 13.8.